The number of halogens is 1. The minimum Gasteiger partial charge on any atom is -0.465 e. The zero-order chi connectivity index (χ0) is 18.7. The predicted octanol–water partition coefficient (Wildman–Crippen LogP) is 2.37. The molecule has 8 heteroatoms. The Morgan fingerprint density at radius 2 is 1.96 bits per heavy atom. The van der Waals surface area contributed by atoms with Gasteiger partial charge in [0.25, 0.3) is 0 Å². The van der Waals surface area contributed by atoms with Gasteiger partial charge in [-0.25, -0.2) is 17.6 Å². The van der Waals surface area contributed by atoms with Crippen molar-refractivity contribution in [3.63, 3.8) is 0 Å². The zero-order valence-corrected chi connectivity index (χ0v) is 14.9. The number of nitrogens with zero attached hydrogens (tertiary/aromatic N) is 1. The lowest BCUT2D eigenvalue weighted by molar-refractivity contribution is -0.00259. The molecule has 0 aromatic heterocycles. The molecule has 0 bridgehead atoms. The van der Waals surface area contributed by atoms with Crippen LogP contribution in [-0.4, -0.2) is 45.5 Å². The number of sulfonamides is 1. The average Bonchev–Trinajstić information content (AvgIpc) is 2.68. The molecule has 2 aromatic carbocycles. The Balaban J connectivity index is 1.85. The van der Waals surface area contributed by atoms with Gasteiger partial charge in [-0.3, -0.25) is 0 Å². The SMILES string of the molecule is COC(=O)c1cccc(S(=O)(=O)N2CCO[C@H](c3ccc(F)cc3)C2)c1. The summed E-state index contributed by atoms with van der Waals surface area (Å²) in [6.45, 7) is 0.525. The second kappa shape index (κ2) is 7.53. The van der Waals surface area contributed by atoms with E-state index in [1.165, 1.54) is 47.8 Å². The summed E-state index contributed by atoms with van der Waals surface area (Å²) in [4.78, 5) is 11.7. The third-order valence-corrected chi connectivity index (χ3v) is 6.03. The number of esters is 1. The van der Waals surface area contributed by atoms with Gasteiger partial charge in [-0.15, -0.1) is 0 Å². The van der Waals surface area contributed by atoms with Gasteiger partial charge in [0.1, 0.15) is 5.82 Å². The van der Waals surface area contributed by atoms with E-state index < -0.39 is 22.1 Å². The highest BCUT2D eigenvalue weighted by Gasteiger charge is 2.32. The number of methoxy groups -OCH3 is 1. The Morgan fingerprint density at radius 3 is 2.65 bits per heavy atom. The molecule has 0 saturated carbocycles. The third kappa shape index (κ3) is 3.77. The van der Waals surface area contributed by atoms with E-state index in [9.17, 15) is 17.6 Å². The van der Waals surface area contributed by atoms with Crippen LogP contribution in [0.5, 0.6) is 0 Å². The summed E-state index contributed by atoms with van der Waals surface area (Å²) in [5.41, 5.74) is 0.867. The van der Waals surface area contributed by atoms with Crippen LogP contribution in [0.4, 0.5) is 4.39 Å². The highest BCUT2D eigenvalue weighted by atomic mass is 32.2. The van der Waals surface area contributed by atoms with Gasteiger partial charge in [-0.05, 0) is 35.9 Å². The van der Waals surface area contributed by atoms with E-state index in [1.807, 2.05) is 0 Å². The van der Waals surface area contributed by atoms with Gasteiger partial charge < -0.3 is 9.47 Å². The van der Waals surface area contributed by atoms with E-state index in [2.05, 4.69) is 4.74 Å². The summed E-state index contributed by atoms with van der Waals surface area (Å²) in [6.07, 6.45) is -0.483. The van der Waals surface area contributed by atoms with E-state index in [-0.39, 0.29) is 36.0 Å². The summed E-state index contributed by atoms with van der Waals surface area (Å²) >= 11 is 0. The molecule has 1 heterocycles. The van der Waals surface area contributed by atoms with Crippen LogP contribution in [-0.2, 0) is 19.5 Å². The van der Waals surface area contributed by atoms with Crippen LogP contribution >= 0.6 is 0 Å². The summed E-state index contributed by atoms with van der Waals surface area (Å²) in [6, 6.07) is 11.5. The maximum Gasteiger partial charge on any atom is 0.337 e. The molecule has 1 fully saturated rings. The van der Waals surface area contributed by atoms with Crippen molar-refractivity contribution in [2.75, 3.05) is 26.8 Å². The van der Waals surface area contributed by atoms with Crippen molar-refractivity contribution < 1.29 is 27.1 Å². The van der Waals surface area contributed by atoms with Crippen LogP contribution in [0.1, 0.15) is 22.0 Å². The number of hydrogen-bond acceptors (Lipinski definition) is 5. The number of benzene rings is 2. The van der Waals surface area contributed by atoms with Crippen molar-refractivity contribution in [3.05, 3.63) is 65.5 Å². The zero-order valence-electron chi connectivity index (χ0n) is 14.1. The third-order valence-electron chi connectivity index (χ3n) is 4.16. The van der Waals surface area contributed by atoms with Crippen molar-refractivity contribution in [2.45, 2.75) is 11.0 Å². The molecule has 1 atom stereocenters. The van der Waals surface area contributed by atoms with E-state index >= 15 is 0 Å². The topological polar surface area (TPSA) is 72.9 Å². The number of hydrogen-bond donors (Lipinski definition) is 0. The second-order valence-corrected chi connectivity index (χ2v) is 7.73. The molecule has 0 radical (unpaired) electrons. The smallest absolute Gasteiger partial charge is 0.337 e. The number of rotatable bonds is 4. The van der Waals surface area contributed by atoms with Crippen molar-refractivity contribution in [3.8, 4) is 0 Å². The number of morpholine rings is 1. The quantitative estimate of drug-likeness (QED) is 0.763. The number of carbonyl (C=O) groups is 1. The Labute approximate surface area is 151 Å². The molecule has 1 aliphatic heterocycles. The second-order valence-electron chi connectivity index (χ2n) is 5.79. The Morgan fingerprint density at radius 1 is 1.23 bits per heavy atom. The van der Waals surface area contributed by atoms with Crippen molar-refractivity contribution in [1.29, 1.82) is 0 Å². The minimum atomic E-state index is -3.80. The average molecular weight is 379 g/mol. The molecule has 0 spiro atoms. The van der Waals surface area contributed by atoms with Gasteiger partial charge >= 0.3 is 5.97 Å². The molecule has 0 unspecified atom stereocenters. The van der Waals surface area contributed by atoms with E-state index in [0.717, 1.165) is 0 Å². The molecule has 2 aromatic rings. The Hall–Kier alpha value is -2.29. The fraction of sp³-hybridized carbons (Fsp3) is 0.278. The highest BCUT2D eigenvalue weighted by Crippen LogP contribution is 2.27. The van der Waals surface area contributed by atoms with Crippen LogP contribution in [0.3, 0.4) is 0 Å². The molecule has 1 aliphatic rings. The van der Waals surface area contributed by atoms with Crippen LogP contribution < -0.4 is 0 Å². The lowest BCUT2D eigenvalue weighted by Gasteiger charge is -2.32. The van der Waals surface area contributed by atoms with Crippen molar-refractivity contribution >= 4 is 16.0 Å². The maximum atomic E-state index is 13.1. The van der Waals surface area contributed by atoms with Gasteiger partial charge in [0.2, 0.25) is 10.0 Å². The first-order valence-electron chi connectivity index (χ1n) is 7.97. The van der Waals surface area contributed by atoms with E-state index in [4.69, 9.17) is 4.74 Å². The molecule has 138 valence electrons. The monoisotopic (exact) mass is 379 g/mol. The molecular weight excluding hydrogens is 361 g/mol. The van der Waals surface area contributed by atoms with Gasteiger partial charge in [-0.1, -0.05) is 18.2 Å². The fourth-order valence-electron chi connectivity index (χ4n) is 2.77. The first-order valence-corrected chi connectivity index (χ1v) is 9.41. The summed E-state index contributed by atoms with van der Waals surface area (Å²) < 4.78 is 50.6. The highest BCUT2D eigenvalue weighted by molar-refractivity contribution is 7.89. The van der Waals surface area contributed by atoms with Crippen LogP contribution in [0.2, 0.25) is 0 Å². The first kappa shape index (κ1) is 18.5. The summed E-state index contributed by atoms with van der Waals surface area (Å²) in [5.74, 6) is -0.970. The molecular formula is C18H18FNO5S. The predicted molar refractivity (Wildman–Crippen MR) is 91.6 cm³/mol. The van der Waals surface area contributed by atoms with Gasteiger partial charge in [0.05, 0.1) is 30.3 Å². The number of carbonyl (C=O) groups excluding carboxylic acids is 1. The standard InChI is InChI=1S/C18H18FNO5S/c1-24-18(21)14-3-2-4-16(11-14)26(22,23)20-9-10-25-17(12-20)13-5-7-15(19)8-6-13/h2-8,11,17H,9-10,12H2,1H3/t17-/m0/s1. The van der Waals surface area contributed by atoms with Crippen LogP contribution in [0.15, 0.2) is 53.4 Å². The molecule has 6 nitrogen and oxygen atoms in total. The lowest BCUT2D eigenvalue weighted by atomic mass is 10.1. The van der Waals surface area contributed by atoms with Crippen molar-refractivity contribution in [1.82, 2.24) is 4.31 Å². The summed E-state index contributed by atoms with van der Waals surface area (Å²) in [5, 5.41) is 0. The van der Waals surface area contributed by atoms with Crippen LogP contribution in [0, 0.1) is 5.82 Å². The normalized spacial score (nSPS) is 18.5. The van der Waals surface area contributed by atoms with Gasteiger partial charge in [-0.2, -0.15) is 4.31 Å². The first-order chi connectivity index (χ1) is 12.4. The van der Waals surface area contributed by atoms with E-state index in [0.29, 0.717) is 5.56 Å². The molecule has 0 amide bonds. The fourth-order valence-corrected chi connectivity index (χ4v) is 4.24. The Kier molecular flexibility index (Phi) is 5.36. The maximum absolute atomic E-state index is 13.1. The minimum absolute atomic E-state index is 0.0140. The molecule has 1 saturated heterocycles. The molecule has 0 N–H and O–H groups in total. The Bertz CT molecular complexity index is 898. The molecule has 26 heavy (non-hydrogen) atoms. The molecule has 3 rings (SSSR count). The van der Waals surface area contributed by atoms with Gasteiger partial charge in [0, 0.05) is 13.1 Å². The molecule has 0 aliphatic carbocycles. The lowest BCUT2D eigenvalue weighted by Crippen LogP contribution is -2.42. The number of ether oxygens (including phenoxy) is 2. The largest absolute Gasteiger partial charge is 0.465 e. The van der Waals surface area contributed by atoms with E-state index in [1.54, 1.807) is 12.1 Å². The summed E-state index contributed by atoms with van der Waals surface area (Å²) in [7, 11) is -2.57. The van der Waals surface area contributed by atoms with Gasteiger partial charge in [0.15, 0.2) is 0 Å². The van der Waals surface area contributed by atoms with Crippen LogP contribution in [0.25, 0.3) is 0 Å². The van der Waals surface area contributed by atoms with Crippen molar-refractivity contribution in [2.24, 2.45) is 0 Å².